The molecular formula is C12H15N3O2. The minimum atomic E-state index is 0.0257. The first kappa shape index (κ1) is 9.79. The standard InChI is InChI=1S/C12H15N3O2/c16-12-8-4-13-5-9(8)14-11(15-12)7-3-6-1-2-10(7)17-6/h6-7,10,13H,1-5H2,(H,14,15,16). The van der Waals surface area contributed by atoms with E-state index < -0.39 is 0 Å². The van der Waals surface area contributed by atoms with Gasteiger partial charge < -0.3 is 15.0 Å². The molecule has 5 heteroatoms. The third-order valence-electron chi connectivity index (χ3n) is 4.17. The Morgan fingerprint density at radius 3 is 3.00 bits per heavy atom. The molecule has 1 aromatic rings. The van der Waals surface area contributed by atoms with E-state index in [0.29, 0.717) is 25.1 Å². The van der Waals surface area contributed by atoms with Crippen LogP contribution in [0, 0.1) is 0 Å². The molecule has 3 unspecified atom stereocenters. The largest absolute Gasteiger partial charge is 0.374 e. The van der Waals surface area contributed by atoms with Crippen LogP contribution in [0.25, 0.3) is 0 Å². The maximum absolute atomic E-state index is 11.9. The summed E-state index contributed by atoms with van der Waals surface area (Å²) in [7, 11) is 0. The Balaban J connectivity index is 1.75. The number of aromatic amines is 1. The lowest BCUT2D eigenvalue weighted by molar-refractivity contribution is 0.0998. The van der Waals surface area contributed by atoms with Crippen molar-refractivity contribution in [3.8, 4) is 0 Å². The van der Waals surface area contributed by atoms with Gasteiger partial charge in [0.1, 0.15) is 5.82 Å². The fourth-order valence-corrected chi connectivity index (χ4v) is 3.30. The number of ether oxygens (including phenoxy) is 1. The van der Waals surface area contributed by atoms with E-state index in [1.54, 1.807) is 0 Å². The van der Waals surface area contributed by atoms with E-state index >= 15 is 0 Å². The summed E-state index contributed by atoms with van der Waals surface area (Å²) in [6.07, 6.45) is 3.95. The summed E-state index contributed by atoms with van der Waals surface area (Å²) in [5.74, 6) is 1.14. The number of H-pyrrole nitrogens is 1. The van der Waals surface area contributed by atoms with Crippen molar-refractivity contribution < 1.29 is 4.74 Å². The topological polar surface area (TPSA) is 67.0 Å². The van der Waals surface area contributed by atoms with E-state index in [9.17, 15) is 4.79 Å². The summed E-state index contributed by atoms with van der Waals surface area (Å²) >= 11 is 0. The minimum absolute atomic E-state index is 0.0257. The molecule has 0 spiro atoms. The van der Waals surface area contributed by atoms with Crippen molar-refractivity contribution >= 4 is 0 Å². The van der Waals surface area contributed by atoms with Gasteiger partial charge in [0.2, 0.25) is 0 Å². The summed E-state index contributed by atoms with van der Waals surface area (Å²) in [5, 5.41) is 3.17. The zero-order chi connectivity index (χ0) is 11.4. The lowest BCUT2D eigenvalue weighted by atomic mass is 9.88. The van der Waals surface area contributed by atoms with Crippen molar-refractivity contribution in [2.24, 2.45) is 0 Å². The Labute approximate surface area is 98.6 Å². The molecule has 5 nitrogen and oxygen atoms in total. The Kier molecular flexibility index (Phi) is 1.96. The normalized spacial score (nSPS) is 34.2. The Bertz CT molecular complexity index is 525. The molecule has 0 radical (unpaired) electrons. The summed E-state index contributed by atoms with van der Waals surface area (Å²) in [6.45, 7) is 1.36. The van der Waals surface area contributed by atoms with Gasteiger partial charge in [-0.1, -0.05) is 0 Å². The lowest BCUT2D eigenvalue weighted by Gasteiger charge is -2.17. The van der Waals surface area contributed by atoms with Crippen LogP contribution in [0.4, 0.5) is 0 Å². The maximum atomic E-state index is 11.9. The number of rotatable bonds is 1. The van der Waals surface area contributed by atoms with Crippen LogP contribution >= 0.6 is 0 Å². The predicted molar refractivity (Wildman–Crippen MR) is 60.7 cm³/mol. The average molecular weight is 233 g/mol. The van der Waals surface area contributed by atoms with E-state index in [-0.39, 0.29) is 11.7 Å². The van der Waals surface area contributed by atoms with Gasteiger partial charge in [-0.3, -0.25) is 4.79 Å². The van der Waals surface area contributed by atoms with Gasteiger partial charge in [-0.15, -0.1) is 0 Å². The highest BCUT2D eigenvalue weighted by molar-refractivity contribution is 5.23. The SMILES string of the molecule is O=c1[nH]c(C2CC3CCC2O3)nc2c1CNC2. The number of hydrogen-bond donors (Lipinski definition) is 2. The van der Waals surface area contributed by atoms with Crippen LogP contribution in [0.15, 0.2) is 4.79 Å². The number of hydrogen-bond acceptors (Lipinski definition) is 4. The quantitative estimate of drug-likeness (QED) is 0.737. The smallest absolute Gasteiger partial charge is 0.255 e. The van der Waals surface area contributed by atoms with Crippen LogP contribution in [0.3, 0.4) is 0 Å². The highest BCUT2D eigenvalue weighted by Gasteiger charge is 2.43. The van der Waals surface area contributed by atoms with Crippen molar-refractivity contribution in [3.05, 3.63) is 27.4 Å². The average Bonchev–Trinajstić information content (AvgIpc) is 3.04. The fourth-order valence-electron chi connectivity index (χ4n) is 3.30. The summed E-state index contributed by atoms with van der Waals surface area (Å²) < 4.78 is 5.82. The molecular weight excluding hydrogens is 218 g/mol. The molecule has 0 aromatic carbocycles. The first-order valence-corrected chi connectivity index (χ1v) is 6.29. The first-order chi connectivity index (χ1) is 8.31. The molecule has 2 saturated heterocycles. The van der Waals surface area contributed by atoms with Gasteiger partial charge in [-0.05, 0) is 19.3 Å². The van der Waals surface area contributed by atoms with Gasteiger partial charge in [-0.2, -0.15) is 0 Å². The van der Waals surface area contributed by atoms with Crippen LogP contribution < -0.4 is 10.9 Å². The van der Waals surface area contributed by atoms with Gasteiger partial charge in [0.25, 0.3) is 5.56 Å². The molecule has 4 heterocycles. The molecule has 0 saturated carbocycles. The van der Waals surface area contributed by atoms with Gasteiger partial charge >= 0.3 is 0 Å². The van der Waals surface area contributed by atoms with Crippen molar-refractivity contribution in [2.75, 3.05) is 0 Å². The Morgan fingerprint density at radius 1 is 1.29 bits per heavy atom. The van der Waals surface area contributed by atoms with E-state index in [0.717, 1.165) is 36.3 Å². The zero-order valence-corrected chi connectivity index (χ0v) is 9.53. The van der Waals surface area contributed by atoms with Crippen molar-refractivity contribution in [1.29, 1.82) is 0 Å². The fraction of sp³-hybridized carbons (Fsp3) is 0.667. The molecule has 3 atom stereocenters. The lowest BCUT2D eigenvalue weighted by Crippen LogP contribution is -2.23. The van der Waals surface area contributed by atoms with Crippen LogP contribution in [0.5, 0.6) is 0 Å². The molecule has 90 valence electrons. The molecule has 3 aliphatic heterocycles. The molecule has 3 aliphatic rings. The second kappa shape index (κ2) is 3.40. The molecule has 2 N–H and O–H groups in total. The van der Waals surface area contributed by atoms with Gasteiger partial charge in [0.05, 0.1) is 23.5 Å². The minimum Gasteiger partial charge on any atom is -0.374 e. The summed E-state index contributed by atoms with van der Waals surface area (Å²) in [4.78, 5) is 19.5. The van der Waals surface area contributed by atoms with Gasteiger partial charge in [0, 0.05) is 19.0 Å². The third-order valence-corrected chi connectivity index (χ3v) is 4.17. The van der Waals surface area contributed by atoms with Crippen molar-refractivity contribution in [2.45, 2.75) is 50.5 Å². The molecule has 4 rings (SSSR count). The molecule has 0 amide bonds. The zero-order valence-electron chi connectivity index (χ0n) is 9.53. The molecule has 0 aliphatic carbocycles. The molecule has 17 heavy (non-hydrogen) atoms. The first-order valence-electron chi connectivity index (χ1n) is 6.29. The van der Waals surface area contributed by atoms with Crippen LogP contribution in [0.1, 0.15) is 42.3 Å². The summed E-state index contributed by atoms with van der Waals surface area (Å²) in [5.41, 5.74) is 1.75. The molecule has 2 fully saturated rings. The van der Waals surface area contributed by atoms with E-state index in [4.69, 9.17) is 4.74 Å². The Hall–Kier alpha value is -1.20. The van der Waals surface area contributed by atoms with Crippen LogP contribution in [0.2, 0.25) is 0 Å². The number of nitrogens with zero attached hydrogens (tertiary/aromatic N) is 1. The number of nitrogens with one attached hydrogen (secondary N) is 2. The number of aromatic nitrogens is 2. The third kappa shape index (κ3) is 1.39. The maximum Gasteiger partial charge on any atom is 0.255 e. The van der Waals surface area contributed by atoms with E-state index in [1.807, 2.05) is 0 Å². The predicted octanol–water partition coefficient (Wildman–Crippen LogP) is 0.408. The second-order valence-electron chi connectivity index (χ2n) is 5.20. The van der Waals surface area contributed by atoms with Crippen LogP contribution in [-0.4, -0.2) is 22.2 Å². The number of fused-ring (bicyclic) bond motifs is 3. The van der Waals surface area contributed by atoms with Gasteiger partial charge in [-0.25, -0.2) is 4.98 Å². The monoisotopic (exact) mass is 233 g/mol. The summed E-state index contributed by atoms with van der Waals surface area (Å²) in [6, 6.07) is 0. The van der Waals surface area contributed by atoms with Gasteiger partial charge in [0.15, 0.2) is 0 Å². The van der Waals surface area contributed by atoms with Crippen LogP contribution in [-0.2, 0) is 17.8 Å². The second-order valence-corrected chi connectivity index (χ2v) is 5.20. The van der Waals surface area contributed by atoms with Crippen molar-refractivity contribution in [1.82, 2.24) is 15.3 Å². The molecule has 2 bridgehead atoms. The Morgan fingerprint density at radius 2 is 2.24 bits per heavy atom. The highest BCUT2D eigenvalue weighted by Crippen LogP contribution is 2.43. The van der Waals surface area contributed by atoms with Crippen molar-refractivity contribution in [3.63, 3.8) is 0 Å². The molecule has 1 aromatic heterocycles. The highest BCUT2D eigenvalue weighted by atomic mass is 16.5. The van der Waals surface area contributed by atoms with E-state index in [2.05, 4.69) is 15.3 Å². The van der Waals surface area contributed by atoms with E-state index in [1.165, 1.54) is 0 Å².